The fourth-order valence-corrected chi connectivity index (χ4v) is 4.09. The lowest BCUT2D eigenvalue weighted by atomic mass is 9.94. The second-order valence-corrected chi connectivity index (χ2v) is 7.83. The number of ether oxygens (including phenoxy) is 1. The third-order valence-electron chi connectivity index (χ3n) is 5.86. The van der Waals surface area contributed by atoms with Crippen molar-refractivity contribution < 1.29 is 19.0 Å². The molecule has 1 aromatic carbocycles. The Bertz CT molecular complexity index is 1010. The molecule has 2 fully saturated rings. The number of piperidine rings is 1. The number of pyridine rings is 1. The number of hydrogen-bond donors (Lipinski definition) is 2. The number of fused-ring (bicyclic) bond motifs is 1. The quantitative estimate of drug-likeness (QED) is 0.833. The number of nitrogens with two attached hydrogens (primary N) is 1. The molecule has 2 aliphatic rings. The number of hydrogen-bond acceptors (Lipinski definition) is 5. The highest BCUT2D eigenvalue weighted by molar-refractivity contribution is 5.97. The van der Waals surface area contributed by atoms with E-state index in [0.29, 0.717) is 24.3 Å². The predicted octanol–water partition coefficient (Wildman–Crippen LogP) is 2.36. The first-order chi connectivity index (χ1) is 13.3. The molecule has 0 unspecified atom stereocenters. The number of carboxylic acids is 1. The molecule has 1 saturated carbocycles. The molecule has 0 radical (unpaired) electrons. The van der Waals surface area contributed by atoms with Gasteiger partial charge in [0.1, 0.15) is 11.3 Å². The van der Waals surface area contributed by atoms with Gasteiger partial charge in [0.05, 0.1) is 18.0 Å². The summed E-state index contributed by atoms with van der Waals surface area (Å²) < 4.78 is 22.6. The molecule has 1 aliphatic heterocycles. The summed E-state index contributed by atoms with van der Waals surface area (Å²) in [7, 11) is 1.45. The molecule has 28 heavy (non-hydrogen) atoms. The molecule has 2 aromatic rings. The number of nitrogens with zero attached hydrogens (tertiary/aromatic N) is 2. The van der Waals surface area contributed by atoms with Crippen molar-refractivity contribution in [2.75, 3.05) is 25.1 Å². The molecule has 2 heterocycles. The summed E-state index contributed by atoms with van der Waals surface area (Å²) in [6.45, 7) is 3.20. The molecule has 0 amide bonds. The lowest BCUT2D eigenvalue weighted by molar-refractivity contribution is 0.0695. The molecule has 2 atom stereocenters. The van der Waals surface area contributed by atoms with Gasteiger partial charge < -0.3 is 25.0 Å². The zero-order valence-corrected chi connectivity index (χ0v) is 15.9. The normalized spacial score (nSPS) is 22.5. The molecule has 150 valence electrons. The van der Waals surface area contributed by atoms with E-state index < -0.39 is 17.2 Å². The van der Waals surface area contributed by atoms with E-state index in [0.717, 1.165) is 25.3 Å². The Kier molecular flexibility index (Phi) is 4.53. The topological polar surface area (TPSA) is 97.8 Å². The van der Waals surface area contributed by atoms with Gasteiger partial charge in [0, 0.05) is 31.4 Å². The number of carbonyl (C=O) groups is 1. The van der Waals surface area contributed by atoms with Crippen LogP contribution in [-0.4, -0.2) is 41.9 Å². The zero-order valence-electron chi connectivity index (χ0n) is 15.9. The highest BCUT2D eigenvalue weighted by Crippen LogP contribution is 2.44. The van der Waals surface area contributed by atoms with Crippen LogP contribution in [0.15, 0.2) is 17.1 Å². The monoisotopic (exact) mass is 389 g/mol. The molecular weight excluding hydrogens is 365 g/mol. The van der Waals surface area contributed by atoms with E-state index in [4.69, 9.17) is 10.5 Å². The van der Waals surface area contributed by atoms with E-state index in [1.165, 1.54) is 13.3 Å². The Balaban J connectivity index is 1.99. The van der Waals surface area contributed by atoms with Gasteiger partial charge >= 0.3 is 5.97 Å². The van der Waals surface area contributed by atoms with Crippen LogP contribution in [0.2, 0.25) is 0 Å². The standard InChI is InChI=1S/C20H24FN3O4/c1-10-8-23(6-5-15(10)22)17-14(21)7-12-16(19(17)28-2)24(11-3-4-11)9-13(18(12)25)20(26)27/h7,9-11,15H,3-6,8,22H2,1-2H3,(H,26,27)/t10-,15-/m0/s1. The lowest BCUT2D eigenvalue weighted by Crippen LogP contribution is -2.46. The Labute approximate surface area is 161 Å². The van der Waals surface area contributed by atoms with Gasteiger partial charge in [-0.15, -0.1) is 0 Å². The first kappa shape index (κ1) is 18.7. The summed E-state index contributed by atoms with van der Waals surface area (Å²) >= 11 is 0. The van der Waals surface area contributed by atoms with Gasteiger partial charge in [-0.1, -0.05) is 6.92 Å². The molecule has 7 nitrogen and oxygen atoms in total. The molecule has 8 heteroatoms. The van der Waals surface area contributed by atoms with E-state index in [1.54, 1.807) is 4.57 Å². The number of benzene rings is 1. The largest absolute Gasteiger partial charge is 0.492 e. The van der Waals surface area contributed by atoms with E-state index >= 15 is 4.39 Å². The van der Waals surface area contributed by atoms with Crippen molar-refractivity contribution in [2.45, 2.75) is 38.3 Å². The van der Waals surface area contributed by atoms with Gasteiger partial charge in [-0.2, -0.15) is 0 Å². The Morgan fingerprint density at radius 3 is 2.64 bits per heavy atom. The fourth-order valence-electron chi connectivity index (χ4n) is 4.09. The van der Waals surface area contributed by atoms with Gasteiger partial charge in [-0.25, -0.2) is 9.18 Å². The van der Waals surface area contributed by atoms with Crippen LogP contribution >= 0.6 is 0 Å². The van der Waals surface area contributed by atoms with Crippen LogP contribution in [0.3, 0.4) is 0 Å². The summed E-state index contributed by atoms with van der Waals surface area (Å²) in [6.07, 6.45) is 3.85. The van der Waals surface area contributed by atoms with E-state index in [2.05, 4.69) is 0 Å². The average molecular weight is 389 g/mol. The maximum Gasteiger partial charge on any atom is 0.341 e. The number of halogens is 1. The fraction of sp³-hybridized carbons (Fsp3) is 0.500. The van der Waals surface area contributed by atoms with Crippen molar-refractivity contribution in [3.63, 3.8) is 0 Å². The van der Waals surface area contributed by atoms with Gasteiger partial charge in [0.2, 0.25) is 5.43 Å². The van der Waals surface area contributed by atoms with Crippen LogP contribution in [-0.2, 0) is 0 Å². The van der Waals surface area contributed by atoms with E-state index in [1.807, 2.05) is 11.8 Å². The van der Waals surface area contributed by atoms with Gasteiger partial charge in [-0.05, 0) is 31.2 Å². The smallest absolute Gasteiger partial charge is 0.341 e. The minimum Gasteiger partial charge on any atom is -0.492 e. The third kappa shape index (κ3) is 2.92. The van der Waals surface area contributed by atoms with Crippen LogP contribution in [0.25, 0.3) is 10.9 Å². The molecule has 4 rings (SSSR count). The van der Waals surface area contributed by atoms with E-state index in [-0.39, 0.29) is 34.7 Å². The maximum atomic E-state index is 15.2. The van der Waals surface area contributed by atoms with Crippen LogP contribution in [0.5, 0.6) is 5.75 Å². The Hall–Kier alpha value is -2.61. The van der Waals surface area contributed by atoms with Gasteiger partial charge in [0.25, 0.3) is 0 Å². The van der Waals surface area contributed by atoms with E-state index in [9.17, 15) is 14.7 Å². The van der Waals surface area contributed by atoms with Crippen molar-refractivity contribution in [3.8, 4) is 5.75 Å². The summed E-state index contributed by atoms with van der Waals surface area (Å²) in [5.41, 5.74) is 5.82. The second-order valence-electron chi connectivity index (χ2n) is 7.83. The predicted molar refractivity (Wildman–Crippen MR) is 104 cm³/mol. The highest BCUT2D eigenvalue weighted by Gasteiger charge is 2.33. The maximum absolute atomic E-state index is 15.2. The number of anilines is 1. The number of methoxy groups -OCH3 is 1. The number of aromatic nitrogens is 1. The molecule has 1 aliphatic carbocycles. The first-order valence-corrected chi connectivity index (χ1v) is 9.52. The third-order valence-corrected chi connectivity index (χ3v) is 5.86. The van der Waals surface area contributed by atoms with Crippen LogP contribution in [0, 0.1) is 11.7 Å². The highest BCUT2D eigenvalue weighted by atomic mass is 19.1. The lowest BCUT2D eigenvalue weighted by Gasteiger charge is -2.37. The van der Waals surface area contributed by atoms with Crippen LogP contribution in [0.1, 0.15) is 42.6 Å². The molecular formula is C20H24FN3O4. The minimum absolute atomic E-state index is 0.0339. The van der Waals surface area contributed by atoms with Crippen molar-refractivity contribution in [1.82, 2.24) is 4.57 Å². The summed E-state index contributed by atoms with van der Waals surface area (Å²) in [4.78, 5) is 26.2. The van der Waals surface area contributed by atoms with Crippen LogP contribution < -0.4 is 20.8 Å². The van der Waals surface area contributed by atoms with Crippen LogP contribution in [0.4, 0.5) is 10.1 Å². The molecule has 0 bridgehead atoms. The SMILES string of the molecule is COc1c(N2CC[C@H](N)[C@@H](C)C2)c(F)cc2c(=O)c(C(=O)O)cn(C3CC3)c12. The van der Waals surface area contributed by atoms with Crippen molar-refractivity contribution in [1.29, 1.82) is 0 Å². The molecule has 1 saturated heterocycles. The van der Waals surface area contributed by atoms with Crippen molar-refractivity contribution in [3.05, 3.63) is 33.9 Å². The number of rotatable bonds is 4. The average Bonchev–Trinajstić information content (AvgIpc) is 3.48. The molecule has 1 aromatic heterocycles. The summed E-state index contributed by atoms with van der Waals surface area (Å²) in [5, 5.41) is 9.44. The van der Waals surface area contributed by atoms with Gasteiger partial charge in [-0.3, -0.25) is 4.79 Å². The first-order valence-electron chi connectivity index (χ1n) is 9.52. The Morgan fingerprint density at radius 1 is 1.36 bits per heavy atom. The minimum atomic E-state index is -1.32. The molecule has 3 N–H and O–H groups in total. The summed E-state index contributed by atoms with van der Waals surface area (Å²) in [5.74, 6) is -1.44. The second kappa shape index (κ2) is 6.77. The Morgan fingerprint density at radius 2 is 2.07 bits per heavy atom. The zero-order chi connectivity index (χ0) is 20.2. The van der Waals surface area contributed by atoms with Crippen molar-refractivity contribution >= 4 is 22.6 Å². The van der Waals surface area contributed by atoms with Crippen molar-refractivity contribution in [2.24, 2.45) is 11.7 Å². The van der Waals surface area contributed by atoms with Gasteiger partial charge in [0.15, 0.2) is 11.6 Å². The number of carboxylic acid groups (broad SMARTS) is 1. The molecule has 0 spiro atoms. The number of aromatic carboxylic acids is 1. The summed E-state index contributed by atoms with van der Waals surface area (Å²) in [6, 6.07) is 1.30.